The first kappa shape index (κ1) is 30.3. The molecule has 218 valence electrons. The van der Waals surface area contributed by atoms with Crippen molar-refractivity contribution in [2.45, 2.75) is 55.7 Å². The number of likely N-dealkylation sites (tertiary alicyclic amines) is 1. The first-order chi connectivity index (χ1) is 19.3. The second kappa shape index (κ2) is 12.9. The topological polar surface area (TPSA) is 99.6 Å². The summed E-state index contributed by atoms with van der Waals surface area (Å²) in [4.78, 5) is 46.6. The molecule has 10 heteroatoms. The number of allylic oxidation sites excluding steroid dienone is 1. The van der Waals surface area contributed by atoms with Crippen LogP contribution < -0.4 is 9.80 Å². The van der Waals surface area contributed by atoms with Crippen molar-refractivity contribution in [2.24, 2.45) is 11.8 Å². The molecule has 0 saturated carbocycles. The number of hydrogen-bond acceptors (Lipinski definition) is 7. The SMILES string of the molecule is C=CCCCOC(=O)[C@H]1[C@H]2C(=O)N(CCO)C(C(=O)N(CC=C)c3ccc(N(CC)CC)cc3)C23CC(Br)[C@@H]1O3. The molecular formula is C30H40BrN3O6. The highest BCUT2D eigenvalue weighted by atomic mass is 79.9. The molecule has 9 nitrogen and oxygen atoms in total. The summed E-state index contributed by atoms with van der Waals surface area (Å²) in [6, 6.07) is 6.72. The predicted octanol–water partition coefficient (Wildman–Crippen LogP) is 3.30. The Hall–Kier alpha value is -2.69. The minimum Gasteiger partial charge on any atom is -0.465 e. The highest BCUT2D eigenvalue weighted by Crippen LogP contribution is 2.60. The van der Waals surface area contributed by atoms with E-state index >= 15 is 0 Å². The Morgan fingerprint density at radius 2 is 1.88 bits per heavy atom. The van der Waals surface area contributed by atoms with Crippen molar-refractivity contribution < 1.29 is 29.0 Å². The number of unbranched alkanes of at least 4 members (excludes halogenated alkanes) is 1. The summed E-state index contributed by atoms with van der Waals surface area (Å²) in [5.74, 6) is -2.90. The van der Waals surface area contributed by atoms with E-state index in [1.54, 1.807) is 17.1 Å². The van der Waals surface area contributed by atoms with E-state index in [4.69, 9.17) is 9.47 Å². The zero-order chi connectivity index (χ0) is 29.0. The molecule has 3 fully saturated rings. The molecule has 6 atom stereocenters. The van der Waals surface area contributed by atoms with Crippen LogP contribution in [0.1, 0.15) is 33.1 Å². The molecule has 3 aliphatic heterocycles. The van der Waals surface area contributed by atoms with Gasteiger partial charge in [-0.25, -0.2) is 0 Å². The molecule has 3 heterocycles. The lowest BCUT2D eigenvalue weighted by molar-refractivity contribution is -0.155. The highest BCUT2D eigenvalue weighted by Gasteiger charge is 2.77. The van der Waals surface area contributed by atoms with Gasteiger partial charge < -0.3 is 29.3 Å². The summed E-state index contributed by atoms with van der Waals surface area (Å²) in [7, 11) is 0. The Morgan fingerprint density at radius 3 is 2.48 bits per heavy atom. The normalized spacial score (nSPS) is 28.4. The second-order valence-electron chi connectivity index (χ2n) is 10.4. The van der Waals surface area contributed by atoms with Crippen molar-refractivity contribution in [1.82, 2.24) is 4.90 Å². The maximum atomic E-state index is 14.4. The van der Waals surface area contributed by atoms with Crippen molar-refractivity contribution in [3.8, 4) is 0 Å². The zero-order valence-electron chi connectivity index (χ0n) is 23.3. The number of carbonyl (C=O) groups excluding carboxylic acids is 3. The maximum absolute atomic E-state index is 14.4. The van der Waals surface area contributed by atoms with E-state index in [2.05, 4.69) is 47.8 Å². The van der Waals surface area contributed by atoms with Crippen molar-refractivity contribution in [1.29, 1.82) is 0 Å². The second-order valence-corrected chi connectivity index (χ2v) is 11.6. The average molecular weight is 619 g/mol. The molecule has 3 aliphatic rings. The smallest absolute Gasteiger partial charge is 0.312 e. The maximum Gasteiger partial charge on any atom is 0.312 e. The molecule has 0 aliphatic carbocycles. The number of fused-ring (bicyclic) bond motifs is 1. The number of aliphatic hydroxyl groups is 1. The molecule has 3 saturated heterocycles. The zero-order valence-corrected chi connectivity index (χ0v) is 24.9. The van der Waals surface area contributed by atoms with Crippen LogP contribution in [-0.4, -0.2) is 89.8 Å². The fourth-order valence-corrected chi connectivity index (χ4v) is 7.50. The highest BCUT2D eigenvalue weighted by molar-refractivity contribution is 9.09. The fourth-order valence-electron chi connectivity index (χ4n) is 6.55. The van der Waals surface area contributed by atoms with Gasteiger partial charge in [-0.1, -0.05) is 28.1 Å². The van der Waals surface area contributed by atoms with Crippen molar-refractivity contribution in [3.63, 3.8) is 0 Å². The molecule has 2 amide bonds. The third-order valence-corrected chi connectivity index (χ3v) is 9.15. The van der Waals surface area contributed by atoms with E-state index in [-0.39, 0.29) is 42.9 Å². The van der Waals surface area contributed by atoms with Gasteiger partial charge in [-0.05, 0) is 57.4 Å². The summed E-state index contributed by atoms with van der Waals surface area (Å²) in [5, 5.41) is 9.87. The molecule has 1 N–H and O–H groups in total. The number of aliphatic hydroxyl groups excluding tert-OH is 1. The van der Waals surface area contributed by atoms with Crippen molar-refractivity contribution in [2.75, 3.05) is 49.2 Å². The standard InChI is InChI=1S/C30H40BrN3O6/c1-5-9-10-18-39-29(38)23-24-27(36)34(16-17-35)26(30(24)19-22(31)25(23)40-30)28(37)33(15-6-2)21-13-11-20(12-14-21)32(7-3)8-4/h5-6,11-14,22-26,35H,1-2,7-10,15-19H2,3-4H3/t22?,23-,24-,25-,26?,30?/m0/s1. The molecule has 0 radical (unpaired) electrons. The Kier molecular flexibility index (Phi) is 9.74. The van der Waals surface area contributed by atoms with Crippen LogP contribution in [0.25, 0.3) is 0 Å². The lowest BCUT2D eigenvalue weighted by Crippen LogP contribution is -2.57. The first-order valence-electron chi connectivity index (χ1n) is 14.1. The van der Waals surface area contributed by atoms with E-state index in [0.717, 1.165) is 18.8 Å². The van der Waals surface area contributed by atoms with Crippen LogP contribution in [0.5, 0.6) is 0 Å². The number of benzene rings is 1. The van der Waals surface area contributed by atoms with Crippen LogP contribution >= 0.6 is 15.9 Å². The van der Waals surface area contributed by atoms with Gasteiger partial charge in [-0.2, -0.15) is 0 Å². The summed E-state index contributed by atoms with van der Waals surface area (Å²) in [6.45, 7) is 13.5. The van der Waals surface area contributed by atoms with Gasteiger partial charge in [-0.3, -0.25) is 14.4 Å². The van der Waals surface area contributed by atoms with E-state index in [1.807, 2.05) is 24.3 Å². The predicted molar refractivity (Wildman–Crippen MR) is 157 cm³/mol. The summed E-state index contributed by atoms with van der Waals surface area (Å²) >= 11 is 3.66. The molecule has 4 rings (SSSR count). The number of nitrogens with zero attached hydrogens (tertiary/aromatic N) is 3. The number of esters is 1. The number of rotatable bonds is 14. The van der Waals surface area contributed by atoms with Crippen molar-refractivity contribution in [3.05, 3.63) is 49.6 Å². The van der Waals surface area contributed by atoms with Crippen LogP contribution in [0.15, 0.2) is 49.6 Å². The number of alkyl halides is 1. The number of halogens is 1. The molecule has 1 aromatic rings. The molecule has 0 aromatic heterocycles. The molecule has 1 spiro atoms. The van der Waals surface area contributed by atoms with Gasteiger partial charge in [0, 0.05) is 42.4 Å². The van der Waals surface area contributed by atoms with Gasteiger partial charge in [-0.15, -0.1) is 13.2 Å². The van der Waals surface area contributed by atoms with E-state index in [0.29, 0.717) is 24.9 Å². The number of anilines is 2. The number of ether oxygens (including phenoxy) is 2. The first-order valence-corrected chi connectivity index (χ1v) is 15.0. The van der Waals surface area contributed by atoms with Crippen LogP contribution in [0.3, 0.4) is 0 Å². The van der Waals surface area contributed by atoms with Gasteiger partial charge in [0.1, 0.15) is 11.6 Å². The van der Waals surface area contributed by atoms with Gasteiger partial charge in [0.2, 0.25) is 5.91 Å². The van der Waals surface area contributed by atoms with Crippen LogP contribution in [-0.2, 0) is 23.9 Å². The molecule has 1 aromatic carbocycles. The summed E-state index contributed by atoms with van der Waals surface area (Å²) < 4.78 is 12.1. The van der Waals surface area contributed by atoms with Crippen LogP contribution in [0.4, 0.5) is 11.4 Å². The fraction of sp³-hybridized carbons (Fsp3) is 0.567. The Bertz CT molecular complexity index is 1110. The minimum atomic E-state index is -1.21. The van der Waals surface area contributed by atoms with Crippen molar-refractivity contribution >= 4 is 45.1 Å². The third-order valence-electron chi connectivity index (χ3n) is 8.30. The van der Waals surface area contributed by atoms with E-state index in [1.165, 1.54) is 4.90 Å². The molecule has 2 bridgehead atoms. The number of β-amino-alcohol motifs (C(OH)–C–C–N with tert-alkyl or cyclic N) is 1. The molecule has 3 unspecified atom stereocenters. The molecule has 40 heavy (non-hydrogen) atoms. The summed E-state index contributed by atoms with van der Waals surface area (Å²) in [6.07, 6.45) is 4.54. The Labute approximate surface area is 244 Å². The Morgan fingerprint density at radius 1 is 1.20 bits per heavy atom. The number of amides is 2. The van der Waals surface area contributed by atoms with Crippen LogP contribution in [0, 0.1) is 11.8 Å². The van der Waals surface area contributed by atoms with E-state index < -0.39 is 35.6 Å². The van der Waals surface area contributed by atoms with Gasteiger partial charge in [0.25, 0.3) is 5.91 Å². The molecular weight excluding hydrogens is 578 g/mol. The monoisotopic (exact) mass is 617 g/mol. The lowest BCUT2D eigenvalue weighted by atomic mass is 9.70. The lowest BCUT2D eigenvalue weighted by Gasteiger charge is -2.37. The minimum absolute atomic E-state index is 0.0433. The van der Waals surface area contributed by atoms with Gasteiger partial charge >= 0.3 is 5.97 Å². The van der Waals surface area contributed by atoms with Crippen LogP contribution in [0.2, 0.25) is 0 Å². The van der Waals surface area contributed by atoms with Gasteiger partial charge in [0.15, 0.2) is 0 Å². The largest absolute Gasteiger partial charge is 0.465 e. The number of carbonyl (C=O) groups is 3. The quantitative estimate of drug-likeness (QED) is 0.148. The summed E-state index contributed by atoms with van der Waals surface area (Å²) in [5.41, 5.74) is 0.497. The average Bonchev–Trinajstić information content (AvgIpc) is 3.54. The Balaban J connectivity index is 1.68. The number of hydrogen-bond donors (Lipinski definition) is 1. The van der Waals surface area contributed by atoms with E-state index in [9.17, 15) is 19.5 Å². The van der Waals surface area contributed by atoms with Gasteiger partial charge in [0.05, 0.1) is 31.2 Å². The third kappa shape index (κ3) is 5.21.